The van der Waals surface area contributed by atoms with E-state index in [-0.39, 0.29) is 11.8 Å². The zero-order chi connectivity index (χ0) is 14.4. The number of carbonyl (C=O) groups excluding carboxylic acids is 1. The fraction of sp³-hybridized carbons (Fsp3) is 0.188. The highest BCUT2D eigenvalue weighted by atomic mass is 16.2. The summed E-state index contributed by atoms with van der Waals surface area (Å²) in [7, 11) is 0. The monoisotopic (exact) mass is 278 g/mol. The molecule has 1 aliphatic carbocycles. The van der Waals surface area contributed by atoms with Crippen molar-refractivity contribution in [1.82, 2.24) is 14.8 Å². The van der Waals surface area contributed by atoms with Gasteiger partial charge in [-0.05, 0) is 18.9 Å². The lowest BCUT2D eigenvalue weighted by molar-refractivity contribution is 0.0876. The summed E-state index contributed by atoms with van der Waals surface area (Å²) in [4.78, 5) is 16.7. The van der Waals surface area contributed by atoms with Gasteiger partial charge < -0.3 is 5.73 Å². The molecule has 3 aromatic rings. The minimum absolute atomic E-state index is 0.0295. The van der Waals surface area contributed by atoms with E-state index in [2.05, 4.69) is 10.1 Å². The number of pyridine rings is 1. The van der Waals surface area contributed by atoms with Crippen LogP contribution in [0.15, 0.2) is 42.6 Å². The number of hydrogen-bond donors (Lipinski definition) is 1. The van der Waals surface area contributed by atoms with Crippen LogP contribution in [0.3, 0.4) is 0 Å². The van der Waals surface area contributed by atoms with Crippen molar-refractivity contribution in [1.29, 1.82) is 0 Å². The minimum atomic E-state index is 0.0295. The van der Waals surface area contributed by atoms with Gasteiger partial charge in [0.15, 0.2) is 5.82 Å². The zero-order valence-corrected chi connectivity index (χ0v) is 11.4. The third-order valence-electron chi connectivity index (χ3n) is 3.80. The quantitative estimate of drug-likeness (QED) is 0.782. The van der Waals surface area contributed by atoms with Crippen molar-refractivity contribution in [3.63, 3.8) is 0 Å². The van der Waals surface area contributed by atoms with Gasteiger partial charge >= 0.3 is 0 Å². The summed E-state index contributed by atoms with van der Waals surface area (Å²) in [5.74, 6) is 0.480. The van der Waals surface area contributed by atoms with E-state index in [4.69, 9.17) is 5.73 Å². The second-order valence-electron chi connectivity index (χ2n) is 5.36. The first-order valence-electron chi connectivity index (χ1n) is 6.98. The Morgan fingerprint density at radius 3 is 2.71 bits per heavy atom. The maximum atomic E-state index is 12.3. The lowest BCUT2D eigenvalue weighted by Crippen LogP contribution is -2.14. The molecule has 1 saturated carbocycles. The molecule has 104 valence electrons. The van der Waals surface area contributed by atoms with Gasteiger partial charge in [-0.1, -0.05) is 30.3 Å². The van der Waals surface area contributed by atoms with Crippen molar-refractivity contribution in [3.05, 3.63) is 42.6 Å². The van der Waals surface area contributed by atoms with E-state index < -0.39 is 0 Å². The second kappa shape index (κ2) is 4.41. The summed E-state index contributed by atoms with van der Waals surface area (Å²) >= 11 is 0. The van der Waals surface area contributed by atoms with Crippen molar-refractivity contribution < 1.29 is 4.79 Å². The average molecular weight is 278 g/mol. The molecule has 0 unspecified atom stereocenters. The maximum absolute atomic E-state index is 12.3. The predicted octanol–water partition coefficient (Wildman–Crippen LogP) is 2.73. The Kier molecular flexibility index (Phi) is 2.54. The Labute approximate surface area is 121 Å². The standard InChI is InChI=1S/C16H14N4O/c17-15-12-9-18-13(10-4-2-1-3-5-10)8-14(12)20(19-15)16(21)11-6-7-11/h1-5,8-9,11H,6-7H2,(H2,17,19). The van der Waals surface area contributed by atoms with Crippen LogP contribution in [0.5, 0.6) is 0 Å². The van der Waals surface area contributed by atoms with Gasteiger partial charge in [-0.2, -0.15) is 4.68 Å². The van der Waals surface area contributed by atoms with Gasteiger partial charge in [0.2, 0.25) is 0 Å². The van der Waals surface area contributed by atoms with Gasteiger partial charge in [-0.3, -0.25) is 9.78 Å². The van der Waals surface area contributed by atoms with Crippen LogP contribution in [0.25, 0.3) is 22.2 Å². The molecule has 1 fully saturated rings. The number of nitrogen functional groups attached to an aromatic ring is 1. The molecule has 0 radical (unpaired) electrons. The topological polar surface area (TPSA) is 73.8 Å². The molecule has 0 saturated heterocycles. The van der Waals surface area contributed by atoms with E-state index in [1.54, 1.807) is 6.20 Å². The molecule has 4 rings (SSSR count). The molecule has 2 heterocycles. The number of hydrogen-bond acceptors (Lipinski definition) is 4. The molecule has 2 N–H and O–H groups in total. The number of nitrogens with two attached hydrogens (primary N) is 1. The SMILES string of the molecule is Nc1nn(C(=O)C2CC2)c2cc(-c3ccccc3)ncc12. The predicted molar refractivity (Wildman–Crippen MR) is 80.7 cm³/mol. The van der Waals surface area contributed by atoms with E-state index in [0.717, 1.165) is 35.0 Å². The van der Waals surface area contributed by atoms with Crippen LogP contribution >= 0.6 is 0 Å². The van der Waals surface area contributed by atoms with Crippen molar-refractivity contribution in [2.45, 2.75) is 12.8 Å². The van der Waals surface area contributed by atoms with E-state index in [0.29, 0.717) is 5.82 Å². The Balaban J connectivity index is 1.89. The first-order chi connectivity index (χ1) is 10.2. The highest BCUT2D eigenvalue weighted by Gasteiger charge is 2.32. The molecule has 0 amide bonds. The van der Waals surface area contributed by atoms with Gasteiger partial charge in [0.05, 0.1) is 16.6 Å². The molecule has 5 nitrogen and oxygen atoms in total. The van der Waals surface area contributed by atoms with Crippen molar-refractivity contribution in [2.75, 3.05) is 5.73 Å². The smallest absolute Gasteiger partial charge is 0.250 e. The molecule has 0 spiro atoms. The summed E-state index contributed by atoms with van der Waals surface area (Å²) < 4.78 is 1.44. The van der Waals surface area contributed by atoms with Crippen LogP contribution < -0.4 is 5.73 Å². The summed E-state index contributed by atoms with van der Waals surface area (Å²) in [5.41, 5.74) is 8.45. The van der Waals surface area contributed by atoms with Crippen molar-refractivity contribution in [3.8, 4) is 11.3 Å². The molecule has 21 heavy (non-hydrogen) atoms. The summed E-state index contributed by atoms with van der Waals surface area (Å²) in [6.45, 7) is 0. The van der Waals surface area contributed by atoms with Crippen LogP contribution in [-0.2, 0) is 0 Å². The van der Waals surface area contributed by atoms with Crippen LogP contribution in [0, 0.1) is 5.92 Å². The normalized spacial score (nSPS) is 14.5. The van der Waals surface area contributed by atoms with E-state index in [1.807, 2.05) is 36.4 Å². The van der Waals surface area contributed by atoms with Gasteiger partial charge in [0, 0.05) is 17.7 Å². The highest BCUT2D eigenvalue weighted by Crippen LogP contribution is 2.33. The van der Waals surface area contributed by atoms with Gasteiger partial charge in [0.25, 0.3) is 5.91 Å². The third-order valence-corrected chi connectivity index (χ3v) is 3.80. The fourth-order valence-electron chi connectivity index (χ4n) is 2.47. The number of benzene rings is 1. The maximum Gasteiger partial charge on any atom is 0.250 e. The lowest BCUT2D eigenvalue weighted by atomic mass is 10.1. The van der Waals surface area contributed by atoms with Crippen LogP contribution in [0.1, 0.15) is 17.6 Å². The molecule has 0 atom stereocenters. The minimum Gasteiger partial charge on any atom is -0.382 e. The van der Waals surface area contributed by atoms with Crippen LogP contribution in [-0.4, -0.2) is 20.7 Å². The van der Waals surface area contributed by atoms with Crippen molar-refractivity contribution >= 4 is 22.6 Å². The highest BCUT2D eigenvalue weighted by molar-refractivity contribution is 5.98. The third kappa shape index (κ3) is 1.98. The van der Waals surface area contributed by atoms with Gasteiger partial charge in [-0.25, -0.2) is 0 Å². The van der Waals surface area contributed by atoms with Crippen molar-refractivity contribution in [2.24, 2.45) is 5.92 Å². The van der Waals surface area contributed by atoms with E-state index >= 15 is 0 Å². The molecule has 0 bridgehead atoms. The lowest BCUT2D eigenvalue weighted by Gasteiger charge is -2.03. The summed E-state index contributed by atoms with van der Waals surface area (Å²) in [5, 5.41) is 4.92. The first kappa shape index (κ1) is 12.1. The Morgan fingerprint density at radius 1 is 1.24 bits per heavy atom. The zero-order valence-electron chi connectivity index (χ0n) is 11.4. The van der Waals surface area contributed by atoms with Crippen LogP contribution in [0.4, 0.5) is 5.82 Å². The number of carbonyl (C=O) groups is 1. The Bertz CT molecular complexity index is 834. The summed E-state index contributed by atoms with van der Waals surface area (Å²) in [6, 6.07) is 11.7. The molecular weight excluding hydrogens is 264 g/mol. The summed E-state index contributed by atoms with van der Waals surface area (Å²) in [6.07, 6.45) is 3.57. The van der Waals surface area contributed by atoms with E-state index in [1.165, 1.54) is 4.68 Å². The number of nitrogens with zero attached hydrogens (tertiary/aromatic N) is 3. The van der Waals surface area contributed by atoms with Gasteiger partial charge in [-0.15, -0.1) is 5.10 Å². The number of fused-ring (bicyclic) bond motifs is 1. The molecule has 0 aliphatic heterocycles. The van der Waals surface area contributed by atoms with Gasteiger partial charge in [0.1, 0.15) is 0 Å². The number of anilines is 1. The molecule has 5 heteroatoms. The van der Waals surface area contributed by atoms with E-state index in [9.17, 15) is 4.79 Å². The molecular formula is C16H14N4O. The Hall–Kier alpha value is -2.69. The first-order valence-corrected chi connectivity index (χ1v) is 6.98. The average Bonchev–Trinajstić information content (AvgIpc) is 3.32. The number of aromatic nitrogens is 3. The molecule has 1 aromatic carbocycles. The molecule has 2 aromatic heterocycles. The number of rotatable bonds is 2. The fourth-order valence-corrected chi connectivity index (χ4v) is 2.47. The second-order valence-corrected chi connectivity index (χ2v) is 5.36. The Morgan fingerprint density at radius 2 is 2.00 bits per heavy atom. The molecule has 1 aliphatic rings. The largest absolute Gasteiger partial charge is 0.382 e. The van der Waals surface area contributed by atoms with Crippen LogP contribution in [0.2, 0.25) is 0 Å².